The first-order valence-electron chi connectivity index (χ1n) is 6.77. The standard InChI is InChI=1S/C15H19FN2O2S2/c1-11-9-12(6-7-13(11)16)22(19,20)17-10-14(18(2)3)15-5-4-8-21-15/h4-9,14,17H,10H2,1-3H3. The highest BCUT2D eigenvalue weighted by molar-refractivity contribution is 7.89. The molecule has 0 saturated heterocycles. The van der Waals surface area contributed by atoms with E-state index in [-0.39, 0.29) is 17.5 Å². The average Bonchev–Trinajstić information content (AvgIpc) is 2.95. The average molecular weight is 342 g/mol. The fourth-order valence-corrected chi connectivity index (χ4v) is 4.12. The van der Waals surface area contributed by atoms with Crippen molar-refractivity contribution in [1.29, 1.82) is 0 Å². The van der Waals surface area contributed by atoms with Gasteiger partial charge in [0, 0.05) is 11.4 Å². The van der Waals surface area contributed by atoms with Gasteiger partial charge in [-0.05, 0) is 56.2 Å². The predicted molar refractivity (Wildman–Crippen MR) is 87.1 cm³/mol. The molecule has 0 fully saturated rings. The zero-order valence-electron chi connectivity index (χ0n) is 12.7. The van der Waals surface area contributed by atoms with Crippen molar-refractivity contribution in [3.05, 3.63) is 52.0 Å². The molecule has 1 N–H and O–H groups in total. The number of hydrogen-bond donors (Lipinski definition) is 1. The minimum atomic E-state index is -3.66. The highest BCUT2D eigenvalue weighted by Gasteiger charge is 2.20. The molecule has 0 bridgehead atoms. The number of nitrogens with zero attached hydrogens (tertiary/aromatic N) is 1. The molecule has 7 heteroatoms. The van der Waals surface area contributed by atoms with Crippen LogP contribution in [0.5, 0.6) is 0 Å². The topological polar surface area (TPSA) is 49.4 Å². The lowest BCUT2D eigenvalue weighted by molar-refractivity contribution is 0.303. The minimum Gasteiger partial charge on any atom is -0.300 e. The van der Waals surface area contributed by atoms with E-state index in [1.165, 1.54) is 18.2 Å². The van der Waals surface area contributed by atoms with Gasteiger partial charge >= 0.3 is 0 Å². The van der Waals surface area contributed by atoms with Gasteiger partial charge in [-0.3, -0.25) is 0 Å². The third kappa shape index (κ3) is 3.92. The molecule has 22 heavy (non-hydrogen) atoms. The third-order valence-electron chi connectivity index (χ3n) is 3.40. The van der Waals surface area contributed by atoms with Gasteiger partial charge in [0.25, 0.3) is 0 Å². The van der Waals surface area contributed by atoms with Gasteiger partial charge in [-0.15, -0.1) is 11.3 Å². The van der Waals surface area contributed by atoms with Crippen molar-refractivity contribution in [3.8, 4) is 0 Å². The summed E-state index contributed by atoms with van der Waals surface area (Å²) in [6, 6.07) is 7.66. The summed E-state index contributed by atoms with van der Waals surface area (Å²) in [7, 11) is 0.149. The first kappa shape index (κ1) is 17.1. The Balaban J connectivity index is 2.16. The Morgan fingerprint density at radius 2 is 2.05 bits per heavy atom. The molecule has 0 amide bonds. The second kappa shape index (κ2) is 6.87. The number of hydrogen-bond acceptors (Lipinski definition) is 4. The number of sulfonamides is 1. The third-order valence-corrected chi connectivity index (χ3v) is 5.80. The molecular formula is C15H19FN2O2S2. The molecule has 0 radical (unpaired) electrons. The monoisotopic (exact) mass is 342 g/mol. The lowest BCUT2D eigenvalue weighted by Gasteiger charge is -2.23. The zero-order valence-corrected chi connectivity index (χ0v) is 14.3. The van der Waals surface area contributed by atoms with Crippen LogP contribution in [-0.2, 0) is 10.0 Å². The molecule has 1 aromatic heterocycles. The number of rotatable bonds is 6. The van der Waals surface area contributed by atoms with Crippen LogP contribution in [0.25, 0.3) is 0 Å². The smallest absolute Gasteiger partial charge is 0.240 e. The molecule has 1 aromatic carbocycles. The number of aryl methyl sites for hydroxylation is 1. The maximum Gasteiger partial charge on any atom is 0.240 e. The van der Waals surface area contributed by atoms with Crippen LogP contribution in [0.1, 0.15) is 16.5 Å². The fraction of sp³-hybridized carbons (Fsp3) is 0.333. The zero-order chi connectivity index (χ0) is 16.3. The summed E-state index contributed by atoms with van der Waals surface area (Å²) >= 11 is 1.58. The Morgan fingerprint density at radius 1 is 1.32 bits per heavy atom. The van der Waals surface area contributed by atoms with Crippen LogP contribution in [0.3, 0.4) is 0 Å². The second-order valence-electron chi connectivity index (χ2n) is 5.26. The van der Waals surface area contributed by atoms with Gasteiger partial charge in [-0.1, -0.05) is 6.07 Å². The lowest BCUT2D eigenvalue weighted by atomic mass is 10.2. The van der Waals surface area contributed by atoms with Crippen molar-refractivity contribution < 1.29 is 12.8 Å². The first-order valence-corrected chi connectivity index (χ1v) is 9.13. The van der Waals surface area contributed by atoms with Gasteiger partial charge < -0.3 is 4.90 Å². The van der Waals surface area contributed by atoms with Gasteiger partial charge in [0.1, 0.15) is 5.82 Å². The summed E-state index contributed by atoms with van der Waals surface area (Å²) in [6.45, 7) is 1.80. The SMILES string of the molecule is Cc1cc(S(=O)(=O)NCC(c2cccs2)N(C)C)ccc1F. The van der Waals surface area contributed by atoms with Gasteiger partial charge in [-0.25, -0.2) is 17.5 Å². The number of likely N-dealkylation sites (N-methyl/N-ethyl adjacent to an activating group) is 1. The van der Waals surface area contributed by atoms with E-state index in [0.29, 0.717) is 5.56 Å². The van der Waals surface area contributed by atoms with Crippen LogP contribution in [0.2, 0.25) is 0 Å². The van der Waals surface area contributed by atoms with Crippen LogP contribution in [0.15, 0.2) is 40.6 Å². The number of benzene rings is 1. The summed E-state index contributed by atoms with van der Waals surface area (Å²) in [5, 5.41) is 1.96. The molecule has 0 aliphatic rings. The van der Waals surface area contributed by atoms with E-state index >= 15 is 0 Å². The maximum absolute atomic E-state index is 13.3. The molecule has 120 valence electrons. The number of nitrogens with one attached hydrogen (secondary N) is 1. The molecule has 0 aliphatic heterocycles. The molecule has 0 spiro atoms. The maximum atomic E-state index is 13.3. The molecule has 2 rings (SSSR count). The van der Waals surface area contributed by atoms with Crippen LogP contribution < -0.4 is 4.72 Å². The molecule has 4 nitrogen and oxygen atoms in total. The summed E-state index contributed by atoms with van der Waals surface area (Å²) in [5.74, 6) is -0.413. The fourth-order valence-electron chi connectivity index (χ4n) is 2.07. The van der Waals surface area contributed by atoms with E-state index < -0.39 is 15.8 Å². The highest BCUT2D eigenvalue weighted by atomic mass is 32.2. The van der Waals surface area contributed by atoms with E-state index in [4.69, 9.17) is 0 Å². The summed E-state index contributed by atoms with van der Waals surface area (Å²) < 4.78 is 40.6. The number of halogens is 1. The Kier molecular flexibility index (Phi) is 5.33. The van der Waals surface area contributed by atoms with Gasteiger partial charge in [0.15, 0.2) is 0 Å². The Morgan fingerprint density at radius 3 is 2.59 bits per heavy atom. The van der Waals surface area contributed by atoms with Gasteiger partial charge in [0.2, 0.25) is 10.0 Å². The van der Waals surface area contributed by atoms with Crippen LogP contribution in [-0.4, -0.2) is 34.0 Å². The van der Waals surface area contributed by atoms with Crippen molar-refractivity contribution in [1.82, 2.24) is 9.62 Å². The quantitative estimate of drug-likeness (QED) is 0.878. The summed E-state index contributed by atoms with van der Waals surface area (Å²) in [4.78, 5) is 3.13. The molecule has 1 heterocycles. The van der Waals surface area contributed by atoms with E-state index in [1.807, 2.05) is 36.5 Å². The van der Waals surface area contributed by atoms with Crippen LogP contribution in [0, 0.1) is 12.7 Å². The molecule has 2 aromatic rings. The van der Waals surface area contributed by atoms with E-state index in [2.05, 4.69) is 4.72 Å². The molecular weight excluding hydrogens is 323 g/mol. The van der Waals surface area contributed by atoms with Crippen molar-refractivity contribution in [2.24, 2.45) is 0 Å². The first-order chi connectivity index (χ1) is 10.3. The normalized spacial score (nSPS) is 13.5. The Hall–Kier alpha value is -1.28. The van der Waals surface area contributed by atoms with E-state index in [9.17, 15) is 12.8 Å². The van der Waals surface area contributed by atoms with Gasteiger partial charge in [-0.2, -0.15) is 0 Å². The second-order valence-corrected chi connectivity index (χ2v) is 8.00. The number of thiophene rings is 1. The summed E-state index contributed by atoms with van der Waals surface area (Å²) in [5.41, 5.74) is 0.310. The molecule has 0 saturated carbocycles. The van der Waals surface area contributed by atoms with Crippen LogP contribution >= 0.6 is 11.3 Å². The van der Waals surface area contributed by atoms with Crippen LogP contribution in [0.4, 0.5) is 4.39 Å². The molecule has 1 unspecified atom stereocenters. The van der Waals surface area contributed by atoms with Crippen molar-refractivity contribution in [2.75, 3.05) is 20.6 Å². The van der Waals surface area contributed by atoms with Crippen molar-refractivity contribution in [2.45, 2.75) is 17.9 Å². The van der Waals surface area contributed by atoms with E-state index in [0.717, 1.165) is 4.88 Å². The minimum absolute atomic E-state index is 0.0451. The Labute approximate surface area is 134 Å². The van der Waals surface area contributed by atoms with Crippen molar-refractivity contribution in [3.63, 3.8) is 0 Å². The predicted octanol–water partition coefficient (Wildman–Crippen LogP) is 2.78. The Bertz CT molecular complexity index is 728. The van der Waals surface area contributed by atoms with E-state index in [1.54, 1.807) is 18.3 Å². The highest BCUT2D eigenvalue weighted by Crippen LogP contribution is 2.23. The molecule has 1 atom stereocenters. The summed E-state index contributed by atoms with van der Waals surface area (Å²) in [6.07, 6.45) is 0. The largest absolute Gasteiger partial charge is 0.300 e. The van der Waals surface area contributed by atoms with Crippen molar-refractivity contribution >= 4 is 21.4 Å². The lowest BCUT2D eigenvalue weighted by Crippen LogP contribution is -2.34. The molecule has 0 aliphatic carbocycles. The van der Waals surface area contributed by atoms with Gasteiger partial charge in [0.05, 0.1) is 10.9 Å².